The molecule has 0 aromatic heterocycles. The van der Waals surface area contributed by atoms with Crippen molar-refractivity contribution >= 4 is 0 Å². The molecule has 0 aromatic carbocycles. The van der Waals surface area contributed by atoms with E-state index in [0.29, 0.717) is 0 Å². The fourth-order valence-corrected chi connectivity index (χ4v) is 3.03. The van der Waals surface area contributed by atoms with Crippen molar-refractivity contribution in [3.05, 3.63) is 11.6 Å². The number of methoxy groups -OCH3 is 3. The van der Waals surface area contributed by atoms with Crippen LogP contribution in [0.25, 0.3) is 0 Å². The van der Waals surface area contributed by atoms with Crippen LogP contribution in [0.5, 0.6) is 0 Å². The molecule has 4 nitrogen and oxygen atoms in total. The van der Waals surface area contributed by atoms with Crippen LogP contribution in [0.4, 0.5) is 0 Å². The molecular formula is C14H24O4. The first-order chi connectivity index (χ1) is 8.80. The fraction of sp³-hybridized carbons (Fsp3) is 0.857. The Balaban J connectivity index is 2.14. The Hall–Kier alpha value is -0.420. The lowest BCUT2D eigenvalue weighted by Gasteiger charge is -2.32. The van der Waals surface area contributed by atoms with E-state index in [4.69, 9.17) is 18.9 Å². The van der Waals surface area contributed by atoms with E-state index in [1.54, 1.807) is 21.3 Å². The molecule has 18 heavy (non-hydrogen) atoms. The van der Waals surface area contributed by atoms with Gasteiger partial charge in [0.15, 0.2) is 12.6 Å². The maximum atomic E-state index is 5.97. The van der Waals surface area contributed by atoms with Crippen LogP contribution < -0.4 is 0 Å². The third-order valence-electron chi connectivity index (χ3n) is 3.93. The van der Waals surface area contributed by atoms with E-state index in [2.05, 4.69) is 6.08 Å². The standard InChI is InChI=1S/C14H24O4/c1-15-12-9-10-7-5-4-6-8-11(13(10)18-12)14(16-2)17-3/h9,11-14H,4-8H2,1-3H3. The zero-order valence-electron chi connectivity index (χ0n) is 11.6. The Kier molecular flexibility index (Phi) is 5.18. The maximum absolute atomic E-state index is 5.97. The van der Waals surface area contributed by atoms with Crippen molar-refractivity contribution in [1.82, 2.24) is 0 Å². The van der Waals surface area contributed by atoms with Gasteiger partial charge in [0.25, 0.3) is 0 Å². The van der Waals surface area contributed by atoms with Crippen molar-refractivity contribution in [2.24, 2.45) is 5.92 Å². The van der Waals surface area contributed by atoms with E-state index in [1.165, 1.54) is 24.8 Å². The van der Waals surface area contributed by atoms with Crippen LogP contribution in [0, 0.1) is 5.92 Å². The normalized spacial score (nSPS) is 32.9. The Labute approximate surface area is 109 Å². The van der Waals surface area contributed by atoms with Crippen molar-refractivity contribution in [3.8, 4) is 0 Å². The third-order valence-corrected chi connectivity index (χ3v) is 3.93. The Bertz CT molecular complexity index is 286. The molecule has 1 aliphatic heterocycles. The van der Waals surface area contributed by atoms with Gasteiger partial charge in [0.2, 0.25) is 0 Å². The summed E-state index contributed by atoms with van der Waals surface area (Å²) >= 11 is 0. The number of rotatable bonds is 4. The topological polar surface area (TPSA) is 36.9 Å². The van der Waals surface area contributed by atoms with Crippen LogP contribution in [0.3, 0.4) is 0 Å². The average Bonchev–Trinajstić information content (AvgIpc) is 2.77. The molecule has 0 spiro atoms. The zero-order valence-corrected chi connectivity index (χ0v) is 11.6. The molecule has 0 saturated heterocycles. The van der Waals surface area contributed by atoms with Crippen molar-refractivity contribution in [3.63, 3.8) is 0 Å². The van der Waals surface area contributed by atoms with Gasteiger partial charge < -0.3 is 18.9 Å². The van der Waals surface area contributed by atoms with Crippen molar-refractivity contribution in [2.75, 3.05) is 21.3 Å². The molecule has 1 saturated carbocycles. The first-order valence-corrected chi connectivity index (χ1v) is 6.74. The number of hydrogen-bond acceptors (Lipinski definition) is 4. The highest BCUT2D eigenvalue weighted by molar-refractivity contribution is 5.17. The van der Waals surface area contributed by atoms with Crippen LogP contribution >= 0.6 is 0 Å². The Morgan fingerprint density at radius 1 is 1.17 bits per heavy atom. The minimum Gasteiger partial charge on any atom is -0.356 e. The van der Waals surface area contributed by atoms with E-state index >= 15 is 0 Å². The zero-order chi connectivity index (χ0) is 13.0. The van der Waals surface area contributed by atoms with Crippen LogP contribution in [-0.4, -0.2) is 40.0 Å². The number of fused-ring (bicyclic) bond motifs is 1. The van der Waals surface area contributed by atoms with Gasteiger partial charge in [-0.05, 0) is 30.9 Å². The van der Waals surface area contributed by atoms with Gasteiger partial charge in [0, 0.05) is 27.2 Å². The summed E-state index contributed by atoms with van der Waals surface area (Å²) in [6.45, 7) is 0. The van der Waals surface area contributed by atoms with Crippen LogP contribution in [0.2, 0.25) is 0 Å². The van der Waals surface area contributed by atoms with Gasteiger partial charge in [0.1, 0.15) is 0 Å². The number of ether oxygens (including phenoxy) is 4. The highest BCUT2D eigenvalue weighted by Gasteiger charge is 2.38. The van der Waals surface area contributed by atoms with Gasteiger partial charge in [-0.25, -0.2) is 0 Å². The predicted molar refractivity (Wildman–Crippen MR) is 68.1 cm³/mol. The van der Waals surface area contributed by atoms with E-state index in [0.717, 1.165) is 12.8 Å². The minimum atomic E-state index is -0.208. The molecule has 104 valence electrons. The van der Waals surface area contributed by atoms with Crippen LogP contribution in [-0.2, 0) is 18.9 Å². The average molecular weight is 256 g/mol. The third kappa shape index (κ3) is 2.94. The Morgan fingerprint density at radius 3 is 2.61 bits per heavy atom. The highest BCUT2D eigenvalue weighted by atomic mass is 16.7. The van der Waals surface area contributed by atoms with Crippen LogP contribution in [0.1, 0.15) is 32.1 Å². The van der Waals surface area contributed by atoms with Gasteiger partial charge in [-0.15, -0.1) is 0 Å². The molecule has 3 atom stereocenters. The molecule has 3 unspecified atom stereocenters. The molecule has 0 N–H and O–H groups in total. The molecule has 1 aliphatic carbocycles. The highest BCUT2D eigenvalue weighted by Crippen LogP contribution is 2.37. The first-order valence-electron chi connectivity index (χ1n) is 6.74. The van der Waals surface area contributed by atoms with Crippen molar-refractivity contribution < 1.29 is 18.9 Å². The summed E-state index contributed by atoms with van der Waals surface area (Å²) in [7, 11) is 5.07. The van der Waals surface area contributed by atoms with Gasteiger partial charge in [-0.2, -0.15) is 0 Å². The van der Waals surface area contributed by atoms with E-state index in [1.807, 2.05) is 0 Å². The number of hydrogen-bond donors (Lipinski definition) is 0. The minimum absolute atomic E-state index is 0.0835. The quantitative estimate of drug-likeness (QED) is 0.572. The molecule has 0 aromatic rings. The summed E-state index contributed by atoms with van der Waals surface area (Å²) in [5, 5.41) is 0. The lowest BCUT2D eigenvalue weighted by molar-refractivity contribution is -0.187. The summed E-state index contributed by atoms with van der Waals surface area (Å²) in [5.74, 6) is 0.256. The molecule has 2 rings (SSSR count). The molecule has 0 radical (unpaired) electrons. The molecular weight excluding hydrogens is 232 g/mol. The molecule has 2 aliphatic rings. The largest absolute Gasteiger partial charge is 0.356 e. The second-order valence-electron chi connectivity index (χ2n) is 5.01. The summed E-state index contributed by atoms with van der Waals surface area (Å²) in [6.07, 6.45) is 7.67. The lowest BCUT2D eigenvalue weighted by atomic mass is 9.85. The SMILES string of the molecule is COC1C=C2CCCCCC(C(OC)OC)C2O1. The smallest absolute Gasteiger partial charge is 0.177 e. The van der Waals surface area contributed by atoms with Gasteiger partial charge in [-0.3, -0.25) is 0 Å². The monoisotopic (exact) mass is 256 g/mol. The molecule has 0 amide bonds. The maximum Gasteiger partial charge on any atom is 0.177 e. The van der Waals surface area contributed by atoms with Gasteiger partial charge in [-0.1, -0.05) is 12.8 Å². The van der Waals surface area contributed by atoms with Gasteiger partial charge >= 0.3 is 0 Å². The second kappa shape index (κ2) is 6.66. The summed E-state index contributed by atoms with van der Waals surface area (Å²) in [4.78, 5) is 0. The molecule has 1 fully saturated rings. The summed E-state index contributed by atoms with van der Waals surface area (Å²) in [6, 6.07) is 0. The molecule has 0 bridgehead atoms. The van der Waals surface area contributed by atoms with E-state index < -0.39 is 0 Å². The second-order valence-corrected chi connectivity index (χ2v) is 5.01. The van der Waals surface area contributed by atoms with Crippen molar-refractivity contribution in [1.29, 1.82) is 0 Å². The predicted octanol–water partition coefficient (Wildman–Crippen LogP) is 2.48. The van der Waals surface area contributed by atoms with Crippen molar-refractivity contribution in [2.45, 2.75) is 50.8 Å². The lowest BCUT2D eigenvalue weighted by Crippen LogP contribution is -2.37. The molecule has 1 heterocycles. The first kappa shape index (κ1) is 14.0. The van der Waals surface area contributed by atoms with E-state index in [-0.39, 0.29) is 24.6 Å². The van der Waals surface area contributed by atoms with Gasteiger partial charge in [0.05, 0.1) is 6.10 Å². The summed E-state index contributed by atoms with van der Waals surface area (Å²) < 4.78 is 22.2. The fourth-order valence-electron chi connectivity index (χ4n) is 3.03. The molecule has 4 heteroatoms. The van der Waals surface area contributed by atoms with E-state index in [9.17, 15) is 0 Å². The van der Waals surface area contributed by atoms with Crippen LogP contribution in [0.15, 0.2) is 11.6 Å². The summed E-state index contributed by atoms with van der Waals surface area (Å²) in [5.41, 5.74) is 1.35. The Morgan fingerprint density at radius 2 is 1.94 bits per heavy atom.